The van der Waals surface area contributed by atoms with Gasteiger partial charge in [-0.3, -0.25) is 9.78 Å². The van der Waals surface area contributed by atoms with E-state index in [1.807, 2.05) is 30.5 Å². The topological polar surface area (TPSA) is 54.0 Å². The number of rotatable bonds is 9. The van der Waals surface area contributed by atoms with Gasteiger partial charge in [-0.2, -0.15) is 0 Å². The molecule has 6 heteroatoms. The molecule has 2 N–H and O–H groups in total. The van der Waals surface area contributed by atoms with Gasteiger partial charge in [0.05, 0.1) is 5.52 Å². The first-order chi connectivity index (χ1) is 15.6. The molecule has 0 aliphatic heterocycles. The fourth-order valence-corrected chi connectivity index (χ4v) is 4.57. The summed E-state index contributed by atoms with van der Waals surface area (Å²) in [7, 11) is 0. The van der Waals surface area contributed by atoms with Gasteiger partial charge >= 0.3 is 0 Å². The molecule has 1 fully saturated rings. The lowest BCUT2D eigenvalue weighted by Crippen LogP contribution is -2.37. The van der Waals surface area contributed by atoms with Crippen molar-refractivity contribution in [1.29, 1.82) is 0 Å². The van der Waals surface area contributed by atoms with Crippen LogP contribution in [0.15, 0.2) is 54.7 Å². The van der Waals surface area contributed by atoms with E-state index in [2.05, 4.69) is 15.6 Å². The summed E-state index contributed by atoms with van der Waals surface area (Å²) in [5.41, 5.74) is 2.62. The van der Waals surface area contributed by atoms with E-state index in [-0.39, 0.29) is 11.6 Å². The molecule has 4 rings (SSSR count). The fraction of sp³-hybridized carbons (Fsp3) is 0.385. The van der Waals surface area contributed by atoms with Crippen molar-refractivity contribution >= 4 is 34.0 Å². The van der Waals surface area contributed by atoms with E-state index in [4.69, 9.17) is 11.6 Å². The van der Waals surface area contributed by atoms with Crippen LogP contribution in [0.5, 0.6) is 0 Å². The maximum absolute atomic E-state index is 13.0. The van der Waals surface area contributed by atoms with Crippen LogP contribution in [-0.2, 0) is 0 Å². The van der Waals surface area contributed by atoms with Gasteiger partial charge in [0.25, 0.3) is 0 Å². The molecule has 168 valence electrons. The zero-order chi connectivity index (χ0) is 22.3. The van der Waals surface area contributed by atoms with Crippen molar-refractivity contribution in [2.24, 2.45) is 0 Å². The second kappa shape index (κ2) is 10.9. The first kappa shape index (κ1) is 22.7. The smallest absolute Gasteiger partial charge is 0.162 e. The normalized spacial score (nSPS) is 18.6. The van der Waals surface area contributed by atoms with Gasteiger partial charge < -0.3 is 10.6 Å². The summed E-state index contributed by atoms with van der Waals surface area (Å²) in [6, 6.07) is 14.7. The summed E-state index contributed by atoms with van der Waals surface area (Å²) in [6.45, 7) is 0.926. The number of fused-ring (bicyclic) bond motifs is 1. The van der Waals surface area contributed by atoms with Gasteiger partial charge in [-0.1, -0.05) is 11.6 Å². The van der Waals surface area contributed by atoms with Crippen LogP contribution >= 0.6 is 11.6 Å². The van der Waals surface area contributed by atoms with E-state index in [9.17, 15) is 9.18 Å². The number of Topliss-reactive ketones (excluding diaryl/α,β-unsaturated/α-hetero) is 1. The number of unbranched alkanes of at least 4 members (excludes halogenated alkanes) is 1. The number of aromatic nitrogens is 1. The second-order valence-corrected chi connectivity index (χ2v) is 8.99. The number of halogens is 2. The predicted octanol–water partition coefficient (Wildman–Crippen LogP) is 6.39. The maximum atomic E-state index is 13.0. The molecule has 0 amide bonds. The van der Waals surface area contributed by atoms with Crippen LogP contribution in [0.2, 0.25) is 5.02 Å². The van der Waals surface area contributed by atoms with Gasteiger partial charge in [-0.15, -0.1) is 0 Å². The molecule has 3 aromatic rings. The Morgan fingerprint density at radius 3 is 2.53 bits per heavy atom. The molecule has 1 aromatic heterocycles. The Kier molecular flexibility index (Phi) is 7.72. The molecule has 1 saturated carbocycles. The lowest BCUT2D eigenvalue weighted by atomic mass is 9.90. The summed E-state index contributed by atoms with van der Waals surface area (Å²) in [6.07, 6.45) is 8.68. The Hall–Kier alpha value is -2.50. The molecule has 1 aliphatic carbocycles. The molecular formula is C26H29ClFN3O. The highest BCUT2D eigenvalue weighted by atomic mass is 35.5. The van der Waals surface area contributed by atoms with Crippen molar-refractivity contribution in [3.63, 3.8) is 0 Å². The van der Waals surface area contributed by atoms with E-state index in [1.165, 1.54) is 12.1 Å². The number of benzene rings is 2. The largest absolute Gasteiger partial charge is 0.382 e. The molecule has 32 heavy (non-hydrogen) atoms. The monoisotopic (exact) mass is 453 g/mol. The lowest BCUT2D eigenvalue weighted by molar-refractivity contribution is 0.0979. The first-order valence-corrected chi connectivity index (χ1v) is 11.8. The summed E-state index contributed by atoms with van der Waals surface area (Å²) in [5.74, 6) is -0.225. The van der Waals surface area contributed by atoms with Crippen LogP contribution in [0.4, 0.5) is 10.1 Å². The third kappa shape index (κ3) is 6.05. The quantitative estimate of drug-likeness (QED) is 0.291. The van der Waals surface area contributed by atoms with Gasteiger partial charge in [0.1, 0.15) is 5.82 Å². The van der Waals surface area contributed by atoms with E-state index in [0.29, 0.717) is 29.1 Å². The minimum Gasteiger partial charge on any atom is -0.382 e. The van der Waals surface area contributed by atoms with Crippen LogP contribution in [-0.4, -0.2) is 29.4 Å². The highest BCUT2D eigenvalue weighted by Gasteiger charge is 2.21. The Morgan fingerprint density at radius 2 is 1.75 bits per heavy atom. The zero-order valence-corrected chi connectivity index (χ0v) is 18.9. The van der Waals surface area contributed by atoms with Gasteiger partial charge in [0, 0.05) is 46.4 Å². The fourth-order valence-electron chi connectivity index (χ4n) is 4.41. The minimum atomic E-state index is -0.310. The molecule has 2 aromatic carbocycles. The molecule has 1 heterocycles. The molecule has 1 aliphatic rings. The molecule has 0 spiro atoms. The molecule has 0 saturated heterocycles. The highest BCUT2D eigenvalue weighted by molar-refractivity contribution is 6.31. The number of nitrogens with one attached hydrogen (secondary N) is 2. The van der Waals surface area contributed by atoms with Gasteiger partial charge in [-0.25, -0.2) is 4.39 Å². The van der Waals surface area contributed by atoms with Gasteiger partial charge in [0.15, 0.2) is 5.78 Å². The Balaban J connectivity index is 1.15. The Labute approximate surface area is 193 Å². The Morgan fingerprint density at radius 1 is 1.00 bits per heavy atom. The van der Waals surface area contributed by atoms with Crippen LogP contribution in [0.1, 0.15) is 55.3 Å². The minimum absolute atomic E-state index is 0.0856. The SMILES string of the molecule is O=C(CCCCN[C@H]1CC[C@@H](Nc2ccnc3cc(Cl)ccc23)CC1)c1ccc(F)cc1. The van der Waals surface area contributed by atoms with Crippen LogP contribution < -0.4 is 10.6 Å². The lowest BCUT2D eigenvalue weighted by Gasteiger charge is -2.30. The third-order valence-electron chi connectivity index (χ3n) is 6.22. The van der Waals surface area contributed by atoms with Crippen LogP contribution in [0.25, 0.3) is 10.9 Å². The van der Waals surface area contributed by atoms with Crippen LogP contribution in [0.3, 0.4) is 0 Å². The predicted molar refractivity (Wildman–Crippen MR) is 129 cm³/mol. The number of pyridine rings is 1. The average molecular weight is 454 g/mol. The van der Waals surface area contributed by atoms with E-state index < -0.39 is 0 Å². The van der Waals surface area contributed by atoms with E-state index >= 15 is 0 Å². The maximum Gasteiger partial charge on any atom is 0.162 e. The molecule has 0 bridgehead atoms. The summed E-state index contributed by atoms with van der Waals surface area (Å²) >= 11 is 6.09. The van der Waals surface area contributed by atoms with Crippen molar-refractivity contribution in [1.82, 2.24) is 10.3 Å². The molecule has 0 unspecified atom stereocenters. The molecule has 0 atom stereocenters. The number of nitrogens with zero attached hydrogens (tertiary/aromatic N) is 1. The van der Waals surface area contributed by atoms with Crippen molar-refractivity contribution < 1.29 is 9.18 Å². The molecular weight excluding hydrogens is 425 g/mol. The van der Waals surface area contributed by atoms with Crippen LogP contribution in [0, 0.1) is 5.82 Å². The third-order valence-corrected chi connectivity index (χ3v) is 6.46. The summed E-state index contributed by atoms with van der Waals surface area (Å²) in [4.78, 5) is 16.6. The zero-order valence-electron chi connectivity index (χ0n) is 18.1. The highest BCUT2D eigenvalue weighted by Crippen LogP contribution is 2.28. The van der Waals surface area contributed by atoms with Crippen molar-refractivity contribution in [3.8, 4) is 0 Å². The summed E-state index contributed by atoms with van der Waals surface area (Å²) < 4.78 is 13.0. The summed E-state index contributed by atoms with van der Waals surface area (Å²) in [5, 5.41) is 9.16. The standard InChI is InChI=1S/C26H29ClFN3O/c27-19-6-13-23-24(14-16-30-25(23)17-19)31-22-11-9-21(10-12-22)29-15-2-1-3-26(32)18-4-7-20(28)8-5-18/h4-8,13-14,16-17,21-22,29H,1-3,9-12,15H2,(H,30,31)/t21-,22+. The molecule has 4 nitrogen and oxygen atoms in total. The Bertz CT molecular complexity index is 1050. The van der Waals surface area contributed by atoms with Crippen molar-refractivity contribution in [2.45, 2.75) is 57.0 Å². The number of anilines is 1. The van der Waals surface area contributed by atoms with Crippen molar-refractivity contribution in [2.75, 3.05) is 11.9 Å². The number of carbonyl (C=O) groups is 1. The number of carbonyl (C=O) groups excluding carboxylic acids is 1. The van der Waals surface area contributed by atoms with E-state index in [1.54, 1.807) is 12.1 Å². The molecule has 0 radical (unpaired) electrons. The van der Waals surface area contributed by atoms with Gasteiger partial charge in [0.2, 0.25) is 0 Å². The van der Waals surface area contributed by atoms with Crippen molar-refractivity contribution in [3.05, 3.63) is 71.1 Å². The number of hydrogen-bond acceptors (Lipinski definition) is 4. The average Bonchev–Trinajstić information content (AvgIpc) is 2.80. The first-order valence-electron chi connectivity index (χ1n) is 11.4. The second-order valence-electron chi connectivity index (χ2n) is 8.55. The number of ketones is 1. The van der Waals surface area contributed by atoms with E-state index in [0.717, 1.165) is 61.7 Å². The van der Waals surface area contributed by atoms with Gasteiger partial charge in [-0.05, 0) is 93.6 Å². The number of hydrogen-bond donors (Lipinski definition) is 2.